The molecule has 1 fully saturated rings. The molecule has 0 bridgehead atoms. The first kappa shape index (κ1) is 26.5. The van der Waals surface area contributed by atoms with E-state index in [4.69, 9.17) is 11.1 Å². The largest absolute Gasteiger partial charge is 0.370 e. The van der Waals surface area contributed by atoms with Gasteiger partial charge < -0.3 is 30.2 Å². The molecular weight excluding hydrogens is 486 g/mol. The minimum atomic E-state index is -5.40. The number of piperidine rings is 1. The summed E-state index contributed by atoms with van der Waals surface area (Å²) in [4.78, 5) is 52.2. The first-order valence-electron chi connectivity index (χ1n) is 9.39. The zero-order valence-corrected chi connectivity index (χ0v) is 19.8. The summed E-state index contributed by atoms with van der Waals surface area (Å²) in [5.41, 5.74) is 5.45. The third-order valence-corrected chi connectivity index (χ3v) is 9.77. The fourth-order valence-electron chi connectivity index (χ4n) is 3.36. The van der Waals surface area contributed by atoms with Crippen molar-refractivity contribution in [1.82, 2.24) is 4.90 Å². The van der Waals surface area contributed by atoms with Crippen molar-refractivity contribution in [3.05, 3.63) is 23.8 Å². The minimum Gasteiger partial charge on any atom is -0.370 e. The van der Waals surface area contributed by atoms with Crippen molar-refractivity contribution in [2.45, 2.75) is 29.6 Å². The minimum absolute atomic E-state index is 0.157. The van der Waals surface area contributed by atoms with E-state index in [2.05, 4.69) is 0 Å². The van der Waals surface area contributed by atoms with E-state index in [0.29, 0.717) is 18.8 Å². The number of nitrogens with one attached hydrogen (secondary N) is 1. The second kappa shape index (κ2) is 9.60. The second-order valence-corrected chi connectivity index (χ2v) is 13.5. The van der Waals surface area contributed by atoms with Gasteiger partial charge in [-0.05, 0) is 37.5 Å². The normalized spacial score (nSPS) is 15.6. The third-order valence-electron chi connectivity index (χ3n) is 4.96. The Balaban J connectivity index is 2.50. The fourth-order valence-corrected chi connectivity index (χ4v) is 6.60. The van der Waals surface area contributed by atoms with Crippen LogP contribution in [0.15, 0.2) is 23.1 Å². The smallest absolute Gasteiger partial charge is 0.342 e. The van der Waals surface area contributed by atoms with Crippen molar-refractivity contribution in [2.75, 3.05) is 30.8 Å². The molecular formula is C16H26N4O9P2S. The van der Waals surface area contributed by atoms with Crippen LogP contribution < -0.4 is 10.6 Å². The predicted octanol–water partition coefficient (Wildman–Crippen LogP) is 0.0976. The molecule has 0 saturated carbocycles. The van der Waals surface area contributed by atoms with E-state index in [1.807, 2.05) is 4.90 Å². The zero-order valence-electron chi connectivity index (χ0n) is 17.2. The SMILES string of the molecule is CS(=O)(=O)c1cc(C(=O)N(CC(P(=O)(O)O)P(=O)(O)O)C(=N)N)ccc1N1CCCCC1. The van der Waals surface area contributed by atoms with Crippen LogP contribution in [-0.2, 0) is 19.0 Å². The van der Waals surface area contributed by atoms with Gasteiger partial charge in [-0.15, -0.1) is 0 Å². The van der Waals surface area contributed by atoms with E-state index in [-0.39, 0.29) is 15.4 Å². The van der Waals surface area contributed by atoms with Gasteiger partial charge in [0.2, 0.25) is 0 Å². The number of anilines is 1. The molecule has 0 aromatic heterocycles. The van der Waals surface area contributed by atoms with Gasteiger partial charge in [0, 0.05) is 24.9 Å². The maximum absolute atomic E-state index is 12.9. The molecule has 1 saturated heterocycles. The number of benzene rings is 1. The summed E-state index contributed by atoms with van der Waals surface area (Å²) in [6, 6.07) is 3.74. The molecule has 13 nitrogen and oxygen atoms in total. The Hall–Kier alpha value is -1.79. The standard InChI is InChI=1S/C16H26N4O9P2S/c1-32(28,29)13-9-11(5-6-12(13)19-7-3-2-4-8-19)15(21)20(16(17)18)10-14(30(22,23)24)31(25,26)27/h5-6,9,14H,2-4,7-8,10H2,1H3,(H3,17,18)(H2,22,23,24)(H2,25,26,27). The van der Waals surface area contributed by atoms with Crippen molar-refractivity contribution in [3.63, 3.8) is 0 Å². The quantitative estimate of drug-likeness (QED) is 0.163. The van der Waals surface area contributed by atoms with Crippen molar-refractivity contribution < 1.29 is 41.9 Å². The molecule has 32 heavy (non-hydrogen) atoms. The van der Waals surface area contributed by atoms with E-state index in [0.717, 1.165) is 31.6 Å². The van der Waals surface area contributed by atoms with E-state index < -0.39 is 48.8 Å². The molecule has 1 heterocycles. The lowest BCUT2D eigenvalue weighted by atomic mass is 10.1. The van der Waals surface area contributed by atoms with E-state index >= 15 is 0 Å². The van der Waals surface area contributed by atoms with E-state index in [1.54, 1.807) is 0 Å². The number of nitrogens with two attached hydrogens (primary N) is 1. The lowest BCUT2D eigenvalue weighted by Gasteiger charge is -2.31. The Morgan fingerprint density at radius 3 is 2.12 bits per heavy atom. The summed E-state index contributed by atoms with van der Waals surface area (Å²) in [5.74, 6) is -2.16. The number of carbonyl (C=O) groups is 1. The number of hydrogen-bond acceptors (Lipinski definition) is 7. The number of amides is 1. The summed E-state index contributed by atoms with van der Waals surface area (Å²) in [6.07, 6.45) is 3.71. The Morgan fingerprint density at radius 1 is 1.16 bits per heavy atom. The number of rotatable bonds is 7. The van der Waals surface area contributed by atoms with Gasteiger partial charge >= 0.3 is 15.2 Å². The van der Waals surface area contributed by atoms with Crippen LogP contribution in [0.1, 0.15) is 29.6 Å². The van der Waals surface area contributed by atoms with Gasteiger partial charge in [0.25, 0.3) is 5.91 Å². The summed E-state index contributed by atoms with van der Waals surface area (Å²) in [5, 5.41) is 4.96. The molecule has 0 radical (unpaired) electrons. The lowest BCUT2D eigenvalue weighted by Crippen LogP contribution is -2.45. The molecule has 180 valence electrons. The van der Waals surface area contributed by atoms with Crippen LogP contribution in [-0.4, -0.2) is 76.0 Å². The van der Waals surface area contributed by atoms with Crippen LogP contribution in [0.5, 0.6) is 0 Å². The third kappa shape index (κ3) is 6.38. The molecule has 1 aromatic carbocycles. The molecule has 1 amide bonds. The van der Waals surface area contributed by atoms with E-state index in [9.17, 15) is 41.9 Å². The fraction of sp³-hybridized carbons (Fsp3) is 0.500. The van der Waals surface area contributed by atoms with Gasteiger partial charge in [0.1, 0.15) is 0 Å². The summed E-state index contributed by atoms with van der Waals surface area (Å²) >= 11 is 0. The number of guanidine groups is 1. The highest BCUT2D eigenvalue weighted by atomic mass is 32.2. The molecule has 2 rings (SSSR count). The first-order chi connectivity index (χ1) is 14.5. The Bertz CT molecular complexity index is 1070. The maximum atomic E-state index is 12.9. The van der Waals surface area contributed by atoms with Crippen molar-refractivity contribution >= 4 is 42.6 Å². The summed E-state index contributed by atoms with van der Waals surface area (Å²) in [6.45, 7) is 0.00801. The Labute approximate surface area is 185 Å². The monoisotopic (exact) mass is 512 g/mol. The molecule has 0 aliphatic carbocycles. The lowest BCUT2D eigenvalue weighted by molar-refractivity contribution is 0.0846. The molecule has 0 atom stereocenters. The van der Waals surface area contributed by atoms with Crippen LogP contribution in [0.4, 0.5) is 5.69 Å². The molecule has 1 aliphatic heterocycles. The average Bonchev–Trinajstić information content (AvgIpc) is 2.65. The van der Waals surface area contributed by atoms with E-state index in [1.165, 1.54) is 12.1 Å². The van der Waals surface area contributed by atoms with Crippen LogP contribution in [0.25, 0.3) is 0 Å². The highest BCUT2D eigenvalue weighted by molar-refractivity contribution is 7.90. The first-order valence-corrected chi connectivity index (χ1v) is 14.6. The summed E-state index contributed by atoms with van der Waals surface area (Å²) < 4.78 is 47.9. The van der Waals surface area contributed by atoms with Gasteiger partial charge in [-0.3, -0.25) is 24.2 Å². The van der Waals surface area contributed by atoms with Crippen LogP contribution in [0.3, 0.4) is 0 Å². The molecule has 1 aliphatic rings. The van der Waals surface area contributed by atoms with Crippen LogP contribution >= 0.6 is 15.2 Å². The predicted molar refractivity (Wildman–Crippen MR) is 116 cm³/mol. The average molecular weight is 512 g/mol. The molecule has 7 N–H and O–H groups in total. The van der Waals surface area contributed by atoms with Crippen molar-refractivity contribution in [3.8, 4) is 0 Å². The molecule has 0 unspecified atom stereocenters. The van der Waals surface area contributed by atoms with Crippen LogP contribution in [0, 0.1) is 5.41 Å². The number of carbonyl (C=O) groups excluding carboxylic acids is 1. The molecule has 1 aromatic rings. The van der Waals surface area contributed by atoms with Gasteiger partial charge in [-0.1, -0.05) is 0 Å². The van der Waals surface area contributed by atoms with Gasteiger partial charge in [-0.25, -0.2) is 8.42 Å². The summed E-state index contributed by atoms with van der Waals surface area (Å²) in [7, 11) is -14.6. The number of hydrogen-bond donors (Lipinski definition) is 6. The highest BCUT2D eigenvalue weighted by Crippen LogP contribution is 2.60. The van der Waals surface area contributed by atoms with Crippen LogP contribution in [0.2, 0.25) is 0 Å². The van der Waals surface area contributed by atoms with Crippen molar-refractivity contribution in [1.29, 1.82) is 5.41 Å². The van der Waals surface area contributed by atoms with Crippen molar-refractivity contribution in [2.24, 2.45) is 5.73 Å². The second-order valence-electron chi connectivity index (χ2n) is 7.46. The Morgan fingerprint density at radius 2 is 1.69 bits per heavy atom. The molecule has 0 spiro atoms. The molecule has 16 heteroatoms. The number of nitrogens with zero attached hydrogens (tertiary/aromatic N) is 2. The highest BCUT2D eigenvalue weighted by Gasteiger charge is 2.45. The zero-order chi connectivity index (χ0) is 24.5. The Kier molecular flexibility index (Phi) is 7.94. The van der Waals surface area contributed by atoms with Gasteiger partial charge in [0.15, 0.2) is 21.2 Å². The van der Waals surface area contributed by atoms with Gasteiger partial charge in [-0.2, -0.15) is 0 Å². The van der Waals surface area contributed by atoms with Gasteiger partial charge in [0.05, 0.1) is 17.1 Å². The topological polar surface area (TPSA) is 223 Å². The maximum Gasteiger partial charge on any atom is 0.342 e. The number of sulfone groups is 1.